The van der Waals surface area contributed by atoms with Crippen LogP contribution in [-0.2, 0) is 13.1 Å². The Morgan fingerprint density at radius 1 is 0.952 bits per heavy atom. The van der Waals surface area contributed by atoms with Gasteiger partial charge in [0.1, 0.15) is 5.75 Å². The number of aryl methyl sites for hydroxylation is 1. The maximum Gasteiger partial charge on any atom is 0.120 e. The van der Waals surface area contributed by atoms with Crippen molar-refractivity contribution >= 4 is 10.9 Å². The molecule has 0 spiro atoms. The topological polar surface area (TPSA) is 45.1 Å². The van der Waals surface area contributed by atoms with Crippen molar-refractivity contribution in [2.75, 3.05) is 0 Å². The van der Waals surface area contributed by atoms with Crippen LogP contribution in [0, 0.1) is 6.92 Å². The molecule has 2 N–H and O–H groups in total. The van der Waals surface area contributed by atoms with E-state index < -0.39 is 0 Å². The average molecular weight is 278 g/mol. The summed E-state index contributed by atoms with van der Waals surface area (Å²) in [5, 5.41) is 14.3. The van der Waals surface area contributed by atoms with Crippen LogP contribution in [0.4, 0.5) is 0 Å². The van der Waals surface area contributed by atoms with Gasteiger partial charge in [0.05, 0.1) is 5.52 Å². The normalized spacial score (nSPS) is 10.9. The Morgan fingerprint density at radius 3 is 2.52 bits per heavy atom. The third-order valence-corrected chi connectivity index (χ3v) is 3.55. The SMILES string of the molecule is Cc1cc(CNCc2ccccc2O)c2ccccc2n1. The molecule has 0 saturated carbocycles. The van der Waals surface area contributed by atoms with Gasteiger partial charge in [-0.05, 0) is 30.7 Å². The minimum Gasteiger partial charge on any atom is -0.508 e. The number of nitrogens with zero attached hydrogens (tertiary/aromatic N) is 1. The van der Waals surface area contributed by atoms with Crippen LogP contribution in [0.15, 0.2) is 54.6 Å². The molecule has 0 bridgehead atoms. The number of aromatic nitrogens is 1. The van der Waals surface area contributed by atoms with Crippen LogP contribution >= 0.6 is 0 Å². The number of fused-ring (bicyclic) bond motifs is 1. The predicted octanol–water partition coefficient (Wildman–Crippen LogP) is 3.54. The number of aromatic hydroxyl groups is 1. The molecule has 3 rings (SSSR count). The summed E-state index contributed by atoms with van der Waals surface area (Å²) in [4.78, 5) is 4.55. The summed E-state index contributed by atoms with van der Waals surface area (Å²) in [5.41, 5.74) is 4.19. The summed E-state index contributed by atoms with van der Waals surface area (Å²) in [6.45, 7) is 3.40. The highest BCUT2D eigenvalue weighted by molar-refractivity contribution is 5.82. The number of hydrogen-bond acceptors (Lipinski definition) is 3. The molecule has 0 aliphatic rings. The first-order valence-corrected chi connectivity index (χ1v) is 7.07. The Bertz CT molecular complexity index is 768. The highest BCUT2D eigenvalue weighted by Gasteiger charge is 2.04. The fourth-order valence-corrected chi connectivity index (χ4v) is 2.53. The Labute approximate surface area is 124 Å². The molecular formula is C18H18N2O. The summed E-state index contributed by atoms with van der Waals surface area (Å²) in [5.74, 6) is 0.334. The zero-order chi connectivity index (χ0) is 14.7. The number of pyridine rings is 1. The molecular weight excluding hydrogens is 260 g/mol. The average Bonchev–Trinajstić information content (AvgIpc) is 2.49. The molecule has 0 unspecified atom stereocenters. The van der Waals surface area contributed by atoms with Gasteiger partial charge in [-0.15, -0.1) is 0 Å². The molecule has 0 aliphatic carbocycles. The first-order chi connectivity index (χ1) is 10.2. The minimum absolute atomic E-state index is 0.334. The van der Waals surface area contributed by atoms with Gasteiger partial charge in [-0.2, -0.15) is 0 Å². The van der Waals surface area contributed by atoms with Gasteiger partial charge < -0.3 is 10.4 Å². The van der Waals surface area contributed by atoms with E-state index in [1.54, 1.807) is 6.07 Å². The van der Waals surface area contributed by atoms with Gasteiger partial charge >= 0.3 is 0 Å². The van der Waals surface area contributed by atoms with Crippen LogP contribution in [0.25, 0.3) is 10.9 Å². The zero-order valence-corrected chi connectivity index (χ0v) is 12.0. The molecule has 0 saturated heterocycles. The standard InChI is InChI=1S/C18H18N2O/c1-13-10-15(16-7-3-4-8-17(16)20-13)12-19-11-14-6-2-5-9-18(14)21/h2-10,19,21H,11-12H2,1H3. The molecule has 2 aromatic carbocycles. The molecule has 3 heteroatoms. The number of rotatable bonds is 4. The van der Waals surface area contributed by atoms with E-state index in [4.69, 9.17) is 0 Å². The molecule has 106 valence electrons. The molecule has 3 nitrogen and oxygen atoms in total. The van der Waals surface area contributed by atoms with Crippen molar-refractivity contribution in [1.82, 2.24) is 10.3 Å². The fraction of sp³-hybridized carbons (Fsp3) is 0.167. The van der Waals surface area contributed by atoms with Crippen LogP contribution in [0.1, 0.15) is 16.8 Å². The molecule has 0 radical (unpaired) electrons. The monoisotopic (exact) mass is 278 g/mol. The van der Waals surface area contributed by atoms with E-state index in [1.165, 1.54) is 10.9 Å². The predicted molar refractivity (Wildman–Crippen MR) is 85.1 cm³/mol. The maximum atomic E-state index is 9.77. The van der Waals surface area contributed by atoms with Gasteiger partial charge in [0.2, 0.25) is 0 Å². The van der Waals surface area contributed by atoms with E-state index in [0.717, 1.165) is 23.3 Å². The highest BCUT2D eigenvalue weighted by Crippen LogP contribution is 2.19. The Balaban J connectivity index is 1.78. The van der Waals surface area contributed by atoms with Crippen LogP contribution in [-0.4, -0.2) is 10.1 Å². The minimum atomic E-state index is 0.334. The zero-order valence-electron chi connectivity index (χ0n) is 12.0. The molecule has 1 heterocycles. The lowest BCUT2D eigenvalue weighted by atomic mass is 10.1. The van der Waals surface area contributed by atoms with E-state index >= 15 is 0 Å². The van der Waals surface area contributed by atoms with Crippen molar-refractivity contribution in [2.45, 2.75) is 20.0 Å². The lowest BCUT2D eigenvalue weighted by Crippen LogP contribution is -2.13. The second-order valence-electron chi connectivity index (χ2n) is 5.17. The van der Waals surface area contributed by atoms with Crippen molar-refractivity contribution in [3.63, 3.8) is 0 Å². The Hall–Kier alpha value is -2.39. The lowest BCUT2D eigenvalue weighted by Gasteiger charge is -2.10. The maximum absolute atomic E-state index is 9.77. The van der Waals surface area contributed by atoms with E-state index in [0.29, 0.717) is 12.3 Å². The molecule has 0 atom stereocenters. The first kappa shape index (κ1) is 13.6. The van der Waals surface area contributed by atoms with Crippen LogP contribution in [0.5, 0.6) is 5.75 Å². The quantitative estimate of drug-likeness (QED) is 0.767. The number of benzene rings is 2. The third-order valence-electron chi connectivity index (χ3n) is 3.55. The first-order valence-electron chi connectivity index (χ1n) is 7.07. The second-order valence-corrected chi connectivity index (χ2v) is 5.17. The highest BCUT2D eigenvalue weighted by atomic mass is 16.3. The lowest BCUT2D eigenvalue weighted by molar-refractivity contribution is 0.464. The van der Waals surface area contributed by atoms with Crippen molar-refractivity contribution in [1.29, 1.82) is 0 Å². The number of para-hydroxylation sites is 2. The molecule has 0 aliphatic heterocycles. The van der Waals surface area contributed by atoms with Gasteiger partial charge in [0.15, 0.2) is 0 Å². The van der Waals surface area contributed by atoms with Crippen molar-refractivity contribution in [2.24, 2.45) is 0 Å². The molecule has 0 fully saturated rings. The van der Waals surface area contributed by atoms with E-state index in [-0.39, 0.29) is 0 Å². The summed E-state index contributed by atoms with van der Waals surface area (Å²) in [6, 6.07) is 17.7. The Morgan fingerprint density at radius 2 is 1.67 bits per heavy atom. The third kappa shape index (κ3) is 3.03. The number of phenolic OH excluding ortho intramolecular Hbond substituents is 1. The van der Waals surface area contributed by atoms with Gasteiger partial charge in [-0.25, -0.2) is 0 Å². The van der Waals surface area contributed by atoms with Crippen molar-refractivity contribution in [3.8, 4) is 5.75 Å². The second kappa shape index (κ2) is 5.94. The van der Waals surface area contributed by atoms with Crippen LogP contribution < -0.4 is 5.32 Å². The fourth-order valence-electron chi connectivity index (χ4n) is 2.53. The molecule has 3 aromatic rings. The molecule has 1 aromatic heterocycles. The molecule has 21 heavy (non-hydrogen) atoms. The smallest absolute Gasteiger partial charge is 0.120 e. The van der Waals surface area contributed by atoms with Crippen LogP contribution in [0.2, 0.25) is 0 Å². The summed E-state index contributed by atoms with van der Waals surface area (Å²) < 4.78 is 0. The largest absolute Gasteiger partial charge is 0.508 e. The summed E-state index contributed by atoms with van der Waals surface area (Å²) >= 11 is 0. The number of phenols is 1. The van der Waals surface area contributed by atoms with Gasteiger partial charge in [-0.1, -0.05) is 36.4 Å². The Kier molecular flexibility index (Phi) is 3.84. The van der Waals surface area contributed by atoms with E-state index in [9.17, 15) is 5.11 Å². The number of hydrogen-bond donors (Lipinski definition) is 2. The van der Waals surface area contributed by atoms with Gasteiger partial charge in [0.25, 0.3) is 0 Å². The van der Waals surface area contributed by atoms with Crippen molar-refractivity contribution in [3.05, 3.63) is 71.4 Å². The molecule has 0 amide bonds. The number of nitrogens with one attached hydrogen (secondary N) is 1. The van der Waals surface area contributed by atoms with Crippen molar-refractivity contribution < 1.29 is 5.11 Å². The summed E-state index contributed by atoms with van der Waals surface area (Å²) in [7, 11) is 0. The summed E-state index contributed by atoms with van der Waals surface area (Å²) in [6.07, 6.45) is 0. The van der Waals surface area contributed by atoms with Gasteiger partial charge in [-0.3, -0.25) is 4.98 Å². The van der Waals surface area contributed by atoms with Crippen LogP contribution in [0.3, 0.4) is 0 Å². The van der Waals surface area contributed by atoms with E-state index in [1.807, 2.05) is 43.3 Å². The van der Waals surface area contributed by atoms with E-state index in [2.05, 4.69) is 22.4 Å². The van der Waals surface area contributed by atoms with Gasteiger partial charge in [0, 0.05) is 29.7 Å².